The number of hydrogen-bond acceptors (Lipinski definition) is 4. The van der Waals surface area contributed by atoms with Crippen LogP contribution in [-0.2, 0) is 12.6 Å². The lowest BCUT2D eigenvalue weighted by Gasteiger charge is -2.36. The van der Waals surface area contributed by atoms with Crippen molar-refractivity contribution in [2.24, 2.45) is 0 Å². The highest BCUT2D eigenvalue weighted by Crippen LogP contribution is 2.43. The summed E-state index contributed by atoms with van der Waals surface area (Å²) in [4.78, 5) is 23.1. The fourth-order valence-corrected chi connectivity index (χ4v) is 5.55. The fraction of sp³-hybridized carbons (Fsp3) is 0.267. The molecule has 1 fully saturated rings. The van der Waals surface area contributed by atoms with Crippen LogP contribution in [0, 0.1) is 0 Å². The lowest BCUT2D eigenvalue weighted by atomic mass is 9.98. The molecule has 6 nitrogen and oxygen atoms in total. The third-order valence-corrected chi connectivity index (χ3v) is 7.64. The number of amides is 2. The van der Waals surface area contributed by atoms with Crippen LogP contribution in [0.25, 0.3) is 21.9 Å². The molecule has 2 amide bonds. The summed E-state index contributed by atoms with van der Waals surface area (Å²) < 4.78 is 42.2. The van der Waals surface area contributed by atoms with Crippen LogP contribution in [0.5, 0.6) is 0 Å². The van der Waals surface area contributed by atoms with Crippen molar-refractivity contribution in [3.63, 3.8) is 0 Å². The van der Waals surface area contributed by atoms with Crippen molar-refractivity contribution in [1.29, 1.82) is 0 Å². The summed E-state index contributed by atoms with van der Waals surface area (Å²) in [6.45, 7) is 2.68. The molecular formula is C30H28F3N5O. The molecule has 9 heteroatoms. The van der Waals surface area contributed by atoms with Gasteiger partial charge in [-0.15, -0.1) is 0 Å². The molecule has 200 valence electrons. The normalized spacial score (nSPS) is 16.0. The number of nitrogens with zero attached hydrogens (tertiary/aromatic N) is 4. The van der Waals surface area contributed by atoms with Gasteiger partial charge in [-0.25, -0.2) is 4.79 Å². The average molecular weight is 532 g/mol. The minimum absolute atomic E-state index is 0.140. The van der Waals surface area contributed by atoms with Crippen LogP contribution in [0.15, 0.2) is 73.1 Å². The number of anilines is 3. The predicted octanol–water partition coefficient (Wildman–Crippen LogP) is 6.27. The van der Waals surface area contributed by atoms with Gasteiger partial charge in [0.1, 0.15) is 0 Å². The predicted molar refractivity (Wildman–Crippen MR) is 148 cm³/mol. The maximum atomic E-state index is 14.1. The standard InChI is InChI=1S/C30H28F3N5O/c1-36-14-16-37(17-15-36)28-19-27-21(18-25(28)30(31,32)33)10-13-38(27)29(39)35-26-7-6-22(20-8-11-34-12-9-20)23-4-2-3-5-24(23)26/h2-9,11-12,18-19H,10,13-17H2,1H3,(H,35,39). The molecule has 1 saturated heterocycles. The summed E-state index contributed by atoms with van der Waals surface area (Å²) in [6.07, 6.45) is -0.619. The van der Waals surface area contributed by atoms with E-state index >= 15 is 0 Å². The van der Waals surface area contributed by atoms with E-state index < -0.39 is 11.7 Å². The molecule has 1 N–H and O–H groups in total. The Morgan fingerprint density at radius 2 is 1.59 bits per heavy atom. The summed E-state index contributed by atoms with van der Waals surface area (Å²) in [5, 5.41) is 4.89. The monoisotopic (exact) mass is 531 g/mol. The van der Waals surface area contributed by atoms with Crippen LogP contribution in [0.4, 0.5) is 35.0 Å². The van der Waals surface area contributed by atoms with Crippen LogP contribution >= 0.6 is 0 Å². The Morgan fingerprint density at radius 3 is 2.31 bits per heavy atom. The number of aromatic nitrogens is 1. The first-order valence-electron chi connectivity index (χ1n) is 13.0. The van der Waals surface area contributed by atoms with Gasteiger partial charge < -0.3 is 15.1 Å². The van der Waals surface area contributed by atoms with Gasteiger partial charge in [-0.05, 0) is 65.9 Å². The topological polar surface area (TPSA) is 51.7 Å². The largest absolute Gasteiger partial charge is 0.418 e. The Kier molecular flexibility index (Phi) is 6.38. The number of carbonyl (C=O) groups excluding carboxylic acids is 1. The van der Waals surface area contributed by atoms with E-state index in [0.29, 0.717) is 56.1 Å². The van der Waals surface area contributed by atoms with Gasteiger partial charge in [0, 0.05) is 50.5 Å². The van der Waals surface area contributed by atoms with Crippen molar-refractivity contribution in [3.05, 3.63) is 84.2 Å². The number of fused-ring (bicyclic) bond motifs is 2. The molecule has 3 aromatic carbocycles. The Hall–Kier alpha value is -4.11. The maximum absolute atomic E-state index is 14.1. The molecular weight excluding hydrogens is 503 g/mol. The number of halogens is 3. The zero-order chi connectivity index (χ0) is 27.1. The minimum atomic E-state index is -4.47. The molecule has 0 radical (unpaired) electrons. The highest BCUT2D eigenvalue weighted by atomic mass is 19.4. The number of hydrogen-bond donors (Lipinski definition) is 1. The zero-order valence-corrected chi connectivity index (χ0v) is 21.5. The number of benzene rings is 3. The Labute approximate surface area is 224 Å². The summed E-state index contributed by atoms with van der Waals surface area (Å²) in [6, 6.07) is 18.0. The van der Waals surface area contributed by atoms with E-state index in [4.69, 9.17) is 0 Å². The zero-order valence-electron chi connectivity index (χ0n) is 21.5. The average Bonchev–Trinajstić information content (AvgIpc) is 3.36. The molecule has 0 unspecified atom stereocenters. The van der Waals surface area contributed by atoms with Crippen molar-refractivity contribution >= 4 is 33.9 Å². The van der Waals surface area contributed by atoms with Crippen LogP contribution in [0.2, 0.25) is 0 Å². The number of alkyl halides is 3. The van der Waals surface area contributed by atoms with E-state index in [1.54, 1.807) is 28.3 Å². The number of pyridine rings is 1. The molecule has 0 bridgehead atoms. The van der Waals surface area contributed by atoms with Crippen LogP contribution in [-0.4, -0.2) is 55.7 Å². The number of nitrogens with one attached hydrogen (secondary N) is 1. The first-order chi connectivity index (χ1) is 18.8. The lowest BCUT2D eigenvalue weighted by molar-refractivity contribution is -0.137. The summed E-state index contributed by atoms with van der Waals surface area (Å²) in [5.74, 6) is 0. The molecule has 0 aliphatic carbocycles. The molecule has 4 aromatic rings. The van der Waals surface area contributed by atoms with E-state index in [2.05, 4.69) is 15.2 Å². The van der Waals surface area contributed by atoms with Gasteiger partial charge in [0.05, 0.1) is 22.6 Å². The molecule has 3 heterocycles. The second-order valence-corrected chi connectivity index (χ2v) is 10.1. The summed E-state index contributed by atoms with van der Waals surface area (Å²) >= 11 is 0. The molecule has 0 spiro atoms. The molecule has 2 aliphatic heterocycles. The third kappa shape index (κ3) is 4.78. The van der Waals surface area contributed by atoms with E-state index in [9.17, 15) is 18.0 Å². The summed E-state index contributed by atoms with van der Waals surface area (Å²) in [5.41, 5.74) is 3.26. The lowest BCUT2D eigenvalue weighted by Crippen LogP contribution is -2.45. The highest BCUT2D eigenvalue weighted by molar-refractivity contribution is 6.11. The SMILES string of the molecule is CN1CCN(c2cc3c(cc2C(F)(F)F)CCN3C(=O)Nc2ccc(-c3ccncc3)c3ccccc23)CC1. The van der Waals surface area contributed by atoms with Gasteiger partial charge in [0.2, 0.25) is 0 Å². The molecule has 0 atom stereocenters. The van der Waals surface area contributed by atoms with Gasteiger partial charge >= 0.3 is 12.2 Å². The molecule has 39 heavy (non-hydrogen) atoms. The van der Waals surface area contributed by atoms with Crippen LogP contribution in [0.3, 0.4) is 0 Å². The molecule has 6 rings (SSSR count). The van der Waals surface area contributed by atoms with Crippen molar-refractivity contribution in [2.75, 3.05) is 54.9 Å². The van der Waals surface area contributed by atoms with Crippen molar-refractivity contribution in [2.45, 2.75) is 12.6 Å². The first-order valence-corrected chi connectivity index (χ1v) is 13.0. The van der Waals surface area contributed by atoms with Crippen LogP contribution in [0.1, 0.15) is 11.1 Å². The second-order valence-electron chi connectivity index (χ2n) is 10.1. The van der Waals surface area contributed by atoms with E-state index in [1.165, 1.54) is 6.07 Å². The van der Waals surface area contributed by atoms with Crippen molar-refractivity contribution < 1.29 is 18.0 Å². The van der Waals surface area contributed by atoms with Crippen molar-refractivity contribution in [3.8, 4) is 11.1 Å². The van der Waals surface area contributed by atoms with Gasteiger partial charge in [0.15, 0.2) is 0 Å². The first kappa shape index (κ1) is 25.2. The second kappa shape index (κ2) is 9.89. The Morgan fingerprint density at radius 1 is 0.872 bits per heavy atom. The van der Waals surface area contributed by atoms with E-state index in [-0.39, 0.29) is 11.7 Å². The Balaban J connectivity index is 1.33. The van der Waals surface area contributed by atoms with Gasteiger partial charge in [-0.2, -0.15) is 13.2 Å². The van der Waals surface area contributed by atoms with E-state index in [0.717, 1.165) is 21.9 Å². The number of rotatable bonds is 3. The quantitative estimate of drug-likeness (QED) is 0.339. The maximum Gasteiger partial charge on any atom is 0.418 e. The third-order valence-electron chi connectivity index (χ3n) is 7.64. The van der Waals surface area contributed by atoms with Gasteiger partial charge in [-0.1, -0.05) is 30.3 Å². The summed E-state index contributed by atoms with van der Waals surface area (Å²) in [7, 11) is 1.96. The highest BCUT2D eigenvalue weighted by Gasteiger charge is 2.38. The smallest absolute Gasteiger partial charge is 0.368 e. The van der Waals surface area contributed by atoms with E-state index in [1.807, 2.05) is 55.6 Å². The number of carbonyl (C=O) groups is 1. The molecule has 2 aliphatic rings. The number of piperazine rings is 1. The minimum Gasteiger partial charge on any atom is -0.368 e. The number of likely N-dealkylation sites (N-methyl/N-ethyl adjacent to an activating group) is 1. The Bertz CT molecular complexity index is 1530. The number of urea groups is 1. The van der Waals surface area contributed by atoms with Gasteiger partial charge in [0.25, 0.3) is 0 Å². The molecule has 0 saturated carbocycles. The van der Waals surface area contributed by atoms with Gasteiger partial charge in [-0.3, -0.25) is 9.88 Å². The molecule has 1 aromatic heterocycles. The fourth-order valence-electron chi connectivity index (χ4n) is 5.55. The van der Waals surface area contributed by atoms with Crippen molar-refractivity contribution in [1.82, 2.24) is 9.88 Å². The van der Waals surface area contributed by atoms with Crippen LogP contribution < -0.4 is 15.1 Å².